The summed E-state index contributed by atoms with van der Waals surface area (Å²) in [5.74, 6) is -4.36. The quantitative estimate of drug-likeness (QED) is 0.567. The Balaban J connectivity index is 3.13. The van der Waals surface area contributed by atoms with Gasteiger partial charge in [0.15, 0.2) is 11.6 Å². The van der Waals surface area contributed by atoms with Gasteiger partial charge in [-0.3, -0.25) is 0 Å². The van der Waals surface area contributed by atoms with E-state index in [0.717, 1.165) is 6.07 Å². The molecule has 0 aliphatic heterocycles. The highest BCUT2D eigenvalue weighted by Gasteiger charge is 2.21. The van der Waals surface area contributed by atoms with E-state index in [1.54, 1.807) is 0 Å². The van der Waals surface area contributed by atoms with Gasteiger partial charge in [0.05, 0.1) is 5.69 Å². The summed E-state index contributed by atoms with van der Waals surface area (Å²) in [6, 6.07) is 2.06. The van der Waals surface area contributed by atoms with Crippen molar-refractivity contribution in [2.24, 2.45) is 0 Å². The number of nitrogen functional groups attached to an aromatic ring is 1. The summed E-state index contributed by atoms with van der Waals surface area (Å²) in [6.07, 6.45) is 0. The molecule has 3 N–H and O–H groups in total. The summed E-state index contributed by atoms with van der Waals surface area (Å²) in [7, 11) is 0. The zero-order valence-corrected chi connectivity index (χ0v) is 7.84. The van der Waals surface area contributed by atoms with E-state index in [4.69, 9.17) is 10.5 Å². The molecule has 0 bridgehead atoms. The molecule has 0 fully saturated rings. The Morgan fingerprint density at radius 3 is 2.43 bits per heavy atom. The summed E-state index contributed by atoms with van der Waals surface area (Å²) >= 11 is 0. The van der Waals surface area contributed by atoms with E-state index in [9.17, 15) is 13.9 Å². The predicted molar refractivity (Wildman–Crippen MR) is 47.7 cm³/mol. The van der Waals surface area contributed by atoms with Crippen molar-refractivity contribution in [3.05, 3.63) is 23.8 Å². The maximum absolute atomic E-state index is 13.1. The van der Waals surface area contributed by atoms with Gasteiger partial charge in [-0.2, -0.15) is 4.39 Å². The number of halogens is 2. The van der Waals surface area contributed by atoms with Gasteiger partial charge in [-0.25, -0.2) is 4.39 Å². The van der Waals surface area contributed by atoms with Gasteiger partial charge >= 0.3 is 0 Å². The number of hydrogen-bond donors (Lipinski definition) is 2. The standard InChI is InChI=1S/C9H11F2NO2/c1-9(2,13)14-8-6(12)4-3-5(10)7(8)11/h3-4,13H,12H2,1-2H3. The second-order valence-corrected chi connectivity index (χ2v) is 3.33. The van der Waals surface area contributed by atoms with Gasteiger partial charge in [-0.15, -0.1) is 0 Å². The molecule has 3 nitrogen and oxygen atoms in total. The first-order valence-corrected chi connectivity index (χ1v) is 3.96. The molecule has 0 spiro atoms. The second kappa shape index (κ2) is 3.42. The first-order chi connectivity index (χ1) is 6.31. The number of anilines is 1. The lowest BCUT2D eigenvalue weighted by atomic mass is 10.2. The molecule has 0 amide bonds. The highest BCUT2D eigenvalue weighted by atomic mass is 19.2. The average molecular weight is 203 g/mol. The molecule has 0 aliphatic rings. The van der Waals surface area contributed by atoms with E-state index in [1.807, 2.05) is 0 Å². The third-order valence-electron chi connectivity index (χ3n) is 1.43. The van der Waals surface area contributed by atoms with Crippen molar-refractivity contribution in [2.45, 2.75) is 19.6 Å². The third-order valence-corrected chi connectivity index (χ3v) is 1.43. The maximum Gasteiger partial charge on any atom is 0.202 e. The van der Waals surface area contributed by atoms with Crippen LogP contribution in [0.1, 0.15) is 13.8 Å². The molecule has 78 valence electrons. The molecule has 5 heteroatoms. The zero-order chi connectivity index (χ0) is 10.9. The molecule has 0 aromatic heterocycles. The molecule has 0 saturated carbocycles. The number of aliphatic hydroxyl groups is 1. The summed E-state index contributed by atoms with van der Waals surface area (Å²) in [6.45, 7) is 2.58. The van der Waals surface area contributed by atoms with Crippen LogP contribution in [0.5, 0.6) is 5.75 Å². The van der Waals surface area contributed by atoms with E-state index >= 15 is 0 Å². The summed E-state index contributed by atoms with van der Waals surface area (Å²) < 4.78 is 30.6. The van der Waals surface area contributed by atoms with Crippen LogP contribution in [0.2, 0.25) is 0 Å². The van der Waals surface area contributed by atoms with Crippen molar-refractivity contribution in [3.8, 4) is 5.75 Å². The van der Waals surface area contributed by atoms with Gasteiger partial charge in [0.2, 0.25) is 11.6 Å². The van der Waals surface area contributed by atoms with Crippen LogP contribution < -0.4 is 10.5 Å². The lowest BCUT2D eigenvalue weighted by Crippen LogP contribution is -2.28. The van der Waals surface area contributed by atoms with Gasteiger partial charge in [0.1, 0.15) is 0 Å². The predicted octanol–water partition coefficient (Wildman–Crippen LogP) is 1.65. The van der Waals surface area contributed by atoms with Crippen LogP contribution in [-0.4, -0.2) is 10.9 Å². The van der Waals surface area contributed by atoms with Crippen LogP contribution in [0.15, 0.2) is 12.1 Å². The fourth-order valence-corrected chi connectivity index (χ4v) is 0.900. The molecule has 0 heterocycles. The summed E-state index contributed by atoms with van der Waals surface area (Å²) in [4.78, 5) is 0. The number of nitrogens with two attached hydrogens (primary N) is 1. The number of rotatable bonds is 2. The van der Waals surface area contributed by atoms with Crippen molar-refractivity contribution >= 4 is 5.69 Å². The fraction of sp³-hybridized carbons (Fsp3) is 0.333. The molecule has 0 atom stereocenters. The van der Waals surface area contributed by atoms with E-state index in [1.165, 1.54) is 19.9 Å². The summed E-state index contributed by atoms with van der Waals surface area (Å²) in [5, 5.41) is 9.24. The van der Waals surface area contributed by atoms with Crippen LogP contribution in [0.3, 0.4) is 0 Å². The van der Waals surface area contributed by atoms with Crippen LogP contribution in [0.25, 0.3) is 0 Å². The van der Waals surface area contributed by atoms with Crippen LogP contribution in [0, 0.1) is 11.6 Å². The van der Waals surface area contributed by atoms with Crippen LogP contribution in [0.4, 0.5) is 14.5 Å². The van der Waals surface area contributed by atoms with Gasteiger partial charge in [-0.05, 0) is 12.1 Å². The molecule has 0 unspecified atom stereocenters. The van der Waals surface area contributed by atoms with Crippen molar-refractivity contribution in [1.29, 1.82) is 0 Å². The molecule has 14 heavy (non-hydrogen) atoms. The highest BCUT2D eigenvalue weighted by molar-refractivity contribution is 5.53. The zero-order valence-electron chi connectivity index (χ0n) is 7.84. The monoisotopic (exact) mass is 203 g/mol. The Kier molecular flexibility index (Phi) is 2.62. The van der Waals surface area contributed by atoms with Crippen molar-refractivity contribution in [3.63, 3.8) is 0 Å². The van der Waals surface area contributed by atoms with Crippen molar-refractivity contribution < 1.29 is 18.6 Å². The van der Waals surface area contributed by atoms with Crippen molar-refractivity contribution in [2.75, 3.05) is 5.73 Å². The largest absolute Gasteiger partial charge is 0.458 e. The lowest BCUT2D eigenvalue weighted by Gasteiger charge is -2.21. The van der Waals surface area contributed by atoms with Crippen molar-refractivity contribution in [1.82, 2.24) is 0 Å². The SMILES string of the molecule is CC(C)(O)Oc1c(N)ccc(F)c1F. The minimum atomic E-state index is -1.61. The van der Waals surface area contributed by atoms with Gasteiger partial charge < -0.3 is 15.6 Å². The normalized spacial score (nSPS) is 11.5. The molecule has 0 aliphatic carbocycles. The minimum Gasteiger partial charge on any atom is -0.458 e. The van der Waals surface area contributed by atoms with E-state index in [2.05, 4.69) is 0 Å². The van der Waals surface area contributed by atoms with Crippen LogP contribution >= 0.6 is 0 Å². The van der Waals surface area contributed by atoms with E-state index in [0.29, 0.717) is 0 Å². The number of hydrogen-bond acceptors (Lipinski definition) is 3. The first-order valence-electron chi connectivity index (χ1n) is 3.96. The number of benzene rings is 1. The lowest BCUT2D eigenvalue weighted by molar-refractivity contribution is -0.106. The first kappa shape index (κ1) is 10.7. The Morgan fingerprint density at radius 1 is 1.36 bits per heavy atom. The Hall–Kier alpha value is -1.36. The maximum atomic E-state index is 13.1. The molecule has 0 saturated heterocycles. The van der Waals surface area contributed by atoms with Gasteiger partial charge in [0, 0.05) is 13.8 Å². The summed E-state index contributed by atoms with van der Waals surface area (Å²) in [5.41, 5.74) is 5.29. The van der Waals surface area contributed by atoms with E-state index < -0.39 is 23.2 Å². The fourth-order valence-electron chi connectivity index (χ4n) is 0.900. The Bertz CT molecular complexity index is 347. The topological polar surface area (TPSA) is 55.5 Å². The molecule has 1 aromatic rings. The van der Waals surface area contributed by atoms with Crippen LogP contribution in [-0.2, 0) is 0 Å². The Labute approximate surface area is 80.1 Å². The van der Waals surface area contributed by atoms with E-state index in [-0.39, 0.29) is 5.69 Å². The van der Waals surface area contributed by atoms with Gasteiger partial charge in [-0.1, -0.05) is 0 Å². The smallest absolute Gasteiger partial charge is 0.202 e. The number of ether oxygens (including phenoxy) is 1. The molecule has 1 rings (SSSR count). The Morgan fingerprint density at radius 2 is 1.93 bits per heavy atom. The minimum absolute atomic E-state index is 0.0639. The molecule has 0 radical (unpaired) electrons. The third kappa shape index (κ3) is 2.32. The highest BCUT2D eigenvalue weighted by Crippen LogP contribution is 2.29. The average Bonchev–Trinajstić information content (AvgIpc) is 2.04. The molecule has 1 aromatic carbocycles. The molecular weight excluding hydrogens is 192 g/mol. The molecular formula is C9H11F2NO2. The second-order valence-electron chi connectivity index (χ2n) is 3.33. The van der Waals surface area contributed by atoms with Gasteiger partial charge in [0.25, 0.3) is 0 Å².